The highest BCUT2D eigenvalue weighted by Gasteiger charge is 2.33. The number of benzene rings is 1. The average molecular weight is 364 g/mol. The molecule has 5 heteroatoms. The zero-order valence-corrected chi connectivity index (χ0v) is 16.3. The Balaban J connectivity index is 1.57. The summed E-state index contributed by atoms with van der Waals surface area (Å²) in [5.74, 6) is -0.176. The maximum atomic E-state index is 13.1. The van der Waals surface area contributed by atoms with Crippen LogP contribution < -0.4 is 0 Å². The Morgan fingerprint density at radius 3 is 2.38 bits per heavy atom. The summed E-state index contributed by atoms with van der Waals surface area (Å²) in [7, 11) is 0. The predicted octanol–water partition coefficient (Wildman–Crippen LogP) is 2.57. The predicted molar refractivity (Wildman–Crippen MR) is 104 cm³/mol. The van der Waals surface area contributed by atoms with E-state index in [0.717, 1.165) is 38.2 Å². The van der Waals surface area contributed by atoms with Crippen molar-refractivity contribution < 1.29 is 9.50 Å². The summed E-state index contributed by atoms with van der Waals surface area (Å²) in [4.78, 5) is 7.69. The molecule has 0 saturated carbocycles. The van der Waals surface area contributed by atoms with Crippen LogP contribution in [0, 0.1) is 5.82 Å². The Morgan fingerprint density at radius 2 is 1.77 bits per heavy atom. The van der Waals surface area contributed by atoms with Crippen molar-refractivity contribution in [3.63, 3.8) is 0 Å². The molecular weight excluding hydrogens is 329 g/mol. The van der Waals surface area contributed by atoms with Crippen LogP contribution in [-0.4, -0.2) is 77.3 Å². The molecule has 2 aliphatic heterocycles. The Kier molecular flexibility index (Phi) is 7.04. The summed E-state index contributed by atoms with van der Waals surface area (Å²) in [6.45, 7) is 11.1. The Labute approximate surface area is 157 Å². The molecule has 0 aliphatic carbocycles. The smallest absolute Gasteiger partial charge is 0.123 e. The fraction of sp³-hybridized carbons (Fsp3) is 0.714. The number of aliphatic hydroxyl groups is 1. The normalized spacial score (nSPS) is 24.4. The molecule has 3 rings (SSSR count). The van der Waals surface area contributed by atoms with E-state index in [2.05, 4.69) is 28.5 Å². The number of rotatable bonds is 6. The lowest BCUT2D eigenvalue weighted by Gasteiger charge is -2.48. The topological polar surface area (TPSA) is 30.0 Å². The minimum Gasteiger partial charge on any atom is -0.396 e. The number of piperazine rings is 1. The van der Waals surface area contributed by atoms with Crippen molar-refractivity contribution in [3.8, 4) is 0 Å². The zero-order chi connectivity index (χ0) is 18.5. The molecule has 0 aromatic heterocycles. The molecule has 0 spiro atoms. The second kappa shape index (κ2) is 9.27. The summed E-state index contributed by atoms with van der Waals surface area (Å²) < 4.78 is 13.1. The van der Waals surface area contributed by atoms with E-state index < -0.39 is 0 Å². The Bertz CT molecular complexity index is 543. The number of nitrogens with zero attached hydrogens (tertiary/aromatic N) is 3. The highest BCUT2D eigenvalue weighted by molar-refractivity contribution is 5.16. The second-order valence-electron chi connectivity index (χ2n) is 8.13. The van der Waals surface area contributed by atoms with Crippen LogP contribution in [0.5, 0.6) is 0 Å². The van der Waals surface area contributed by atoms with Crippen molar-refractivity contribution in [1.82, 2.24) is 14.7 Å². The fourth-order valence-corrected chi connectivity index (χ4v) is 4.55. The molecule has 2 fully saturated rings. The first-order valence-electron chi connectivity index (χ1n) is 10.1. The number of hydrogen-bond acceptors (Lipinski definition) is 4. The van der Waals surface area contributed by atoms with Gasteiger partial charge in [0.1, 0.15) is 5.82 Å². The van der Waals surface area contributed by atoms with Gasteiger partial charge in [-0.05, 0) is 63.9 Å². The van der Waals surface area contributed by atoms with E-state index in [4.69, 9.17) is 0 Å². The molecule has 1 N–H and O–H groups in total. The number of hydrogen-bond donors (Lipinski definition) is 1. The number of halogens is 1. The van der Waals surface area contributed by atoms with Gasteiger partial charge >= 0.3 is 0 Å². The average Bonchev–Trinajstić information content (AvgIpc) is 2.64. The first kappa shape index (κ1) is 19.7. The van der Waals surface area contributed by atoms with Gasteiger partial charge in [0.15, 0.2) is 0 Å². The SMILES string of the molecule is CC(C)N1CCC(N2CCN(Cc3ccc(F)cc3)C[C@H]2CCO)CC1. The third kappa shape index (κ3) is 5.03. The van der Waals surface area contributed by atoms with Gasteiger partial charge in [0, 0.05) is 50.9 Å². The van der Waals surface area contributed by atoms with Gasteiger partial charge in [0.05, 0.1) is 0 Å². The molecule has 1 atom stereocenters. The first-order valence-corrected chi connectivity index (χ1v) is 10.1. The van der Waals surface area contributed by atoms with Crippen LogP contribution in [0.3, 0.4) is 0 Å². The lowest BCUT2D eigenvalue weighted by Crippen LogP contribution is -2.58. The van der Waals surface area contributed by atoms with E-state index in [1.165, 1.54) is 25.9 Å². The molecule has 26 heavy (non-hydrogen) atoms. The maximum absolute atomic E-state index is 13.1. The molecular formula is C21H34FN3O. The minimum absolute atomic E-state index is 0.176. The van der Waals surface area contributed by atoms with Gasteiger partial charge in [-0.1, -0.05) is 12.1 Å². The molecule has 2 aliphatic rings. The minimum atomic E-state index is -0.176. The summed E-state index contributed by atoms with van der Waals surface area (Å²) >= 11 is 0. The quantitative estimate of drug-likeness (QED) is 0.841. The maximum Gasteiger partial charge on any atom is 0.123 e. The fourth-order valence-electron chi connectivity index (χ4n) is 4.55. The van der Waals surface area contributed by atoms with E-state index in [9.17, 15) is 9.50 Å². The van der Waals surface area contributed by atoms with Crippen LogP contribution in [0.15, 0.2) is 24.3 Å². The monoisotopic (exact) mass is 363 g/mol. The number of piperidine rings is 1. The van der Waals surface area contributed by atoms with Crippen LogP contribution in [0.2, 0.25) is 0 Å². The number of likely N-dealkylation sites (tertiary alicyclic amines) is 1. The van der Waals surface area contributed by atoms with Crippen LogP contribution in [0.1, 0.15) is 38.7 Å². The van der Waals surface area contributed by atoms with E-state index in [1.807, 2.05) is 12.1 Å². The molecule has 1 aromatic rings. The molecule has 146 valence electrons. The van der Waals surface area contributed by atoms with Crippen molar-refractivity contribution in [2.75, 3.05) is 39.3 Å². The third-order valence-electron chi connectivity index (χ3n) is 6.09. The number of aliphatic hydroxyl groups excluding tert-OH is 1. The highest BCUT2D eigenvalue weighted by Crippen LogP contribution is 2.25. The molecule has 2 saturated heterocycles. The van der Waals surface area contributed by atoms with Gasteiger partial charge in [-0.2, -0.15) is 0 Å². The van der Waals surface area contributed by atoms with Gasteiger partial charge in [-0.25, -0.2) is 4.39 Å². The lowest BCUT2D eigenvalue weighted by molar-refractivity contribution is -0.0000344. The van der Waals surface area contributed by atoms with Crippen molar-refractivity contribution in [2.45, 2.75) is 57.8 Å². The van der Waals surface area contributed by atoms with Crippen LogP contribution in [0.25, 0.3) is 0 Å². The van der Waals surface area contributed by atoms with E-state index in [1.54, 1.807) is 12.1 Å². The lowest BCUT2D eigenvalue weighted by atomic mass is 9.97. The highest BCUT2D eigenvalue weighted by atomic mass is 19.1. The summed E-state index contributed by atoms with van der Waals surface area (Å²) in [5.41, 5.74) is 1.16. The first-order chi connectivity index (χ1) is 12.6. The van der Waals surface area contributed by atoms with Gasteiger partial charge in [0.2, 0.25) is 0 Å². The van der Waals surface area contributed by atoms with Crippen molar-refractivity contribution >= 4 is 0 Å². The molecule has 0 radical (unpaired) electrons. The molecule has 2 heterocycles. The van der Waals surface area contributed by atoms with Crippen molar-refractivity contribution in [3.05, 3.63) is 35.6 Å². The van der Waals surface area contributed by atoms with Crippen LogP contribution in [-0.2, 0) is 6.54 Å². The largest absolute Gasteiger partial charge is 0.396 e. The van der Waals surface area contributed by atoms with E-state index >= 15 is 0 Å². The molecule has 0 bridgehead atoms. The third-order valence-corrected chi connectivity index (χ3v) is 6.09. The molecule has 4 nitrogen and oxygen atoms in total. The van der Waals surface area contributed by atoms with Gasteiger partial charge < -0.3 is 10.0 Å². The van der Waals surface area contributed by atoms with Gasteiger partial charge in [0.25, 0.3) is 0 Å². The van der Waals surface area contributed by atoms with E-state index in [-0.39, 0.29) is 12.4 Å². The standard InChI is InChI=1S/C21H34FN3O/c1-17(2)24-10-7-20(8-11-24)25-13-12-23(16-21(25)9-14-26)15-18-3-5-19(22)6-4-18/h3-6,17,20-21,26H,7-16H2,1-2H3/t21-/m1/s1. The van der Waals surface area contributed by atoms with Gasteiger partial charge in [-0.3, -0.25) is 9.80 Å². The summed E-state index contributed by atoms with van der Waals surface area (Å²) in [5, 5.41) is 9.56. The Morgan fingerprint density at radius 1 is 1.08 bits per heavy atom. The van der Waals surface area contributed by atoms with Crippen molar-refractivity contribution in [1.29, 1.82) is 0 Å². The molecule has 0 unspecified atom stereocenters. The summed E-state index contributed by atoms with van der Waals surface area (Å²) in [6, 6.07) is 8.55. The second-order valence-corrected chi connectivity index (χ2v) is 8.13. The molecule has 0 amide bonds. The van der Waals surface area contributed by atoms with Gasteiger partial charge in [-0.15, -0.1) is 0 Å². The summed E-state index contributed by atoms with van der Waals surface area (Å²) in [6.07, 6.45) is 3.31. The zero-order valence-electron chi connectivity index (χ0n) is 16.3. The van der Waals surface area contributed by atoms with Crippen LogP contribution >= 0.6 is 0 Å². The van der Waals surface area contributed by atoms with Crippen LogP contribution in [0.4, 0.5) is 4.39 Å². The Hall–Kier alpha value is -1.01. The molecule has 1 aromatic carbocycles. The van der Waals surface area contributed by atoms with E-state index in [0.29, 0.717) is 18.1 Å². The van der Waals surface area contributed by atoms with Crippen molar-refractivity contribution in [2.24, 2.45) is 0 Å².